The van der Waals surface area contributed by atoms with E-state index in [1.165, 1.54) is 5.56 Å². The summed E-state index contributed by atoms with van der Waals surface area (Å²) in [6, 6.07) is 13.4. The first-order valence-electron chi connectivity index (χ1n) is 9.51. The molecule has 0 aliphatic carbocycles. The molecule has 0 spiro atoms. The van der Waals surface area contributed by atoms with Gasteiger partial charge in [-0.2, -0.15) is 0 Å². The molecule has 0 radical (unpaired) electrons. The number of benzene rings is 2. The van der Waals surface area contributed by atoms with Gasteiger partial charge in [-0.25, -0.2) is 0 Å². The maximum absolute atomic E-state index is 11.1. The van der Waals surface area contributed by atoms with Gasteiger partial charge in [0.15, 0.2) is 0 Å². The molecule has 1 aliphatic heterocycles. The van der Waals surface area contributed by atoms with Gasteiger partial charge in [0, 0.05) is 5.75 Å². The second-order valence-corrected chi connectivity index (χ2v) is 9.90. The lowest BCUT2D eigenvalue weighted by atomic mass is 9.86. The van der Waals surface area contributed by atoms with Gasteiger partial charge in [0.1, 0.15) is 30.8 Å². The van der Waals surface area contributed by atoms with Gasteiger partial charge in [-0.1, -0.05) is 45.0 Å². The van der Waals surface area contributed by atoms with Crippen LogP contribution in [0.3, 0.4) is 0 Å². The van der Waals surface area contributed by atoms with E-state index in [0.29, 0.717) is 19.0 Å². The van der Waals surface area contributed by atoms with E-state index in [4.69, 9.17) is 14.6 Å². The van der Waals surface area contributed by atoms with E-state index in [1.54, 1.807) is 11.8 Å². The molecule has 0 saturated carbocycles. The summed E-state index contributed by atoms with van der Waals surface area (Å²) >= 11 is 5.15. The molecule has 2 aromatic rings. The molecule has 1 heterocycles. The van der Waals surface area contributed by atoms with E-state index in [1.807, 2.05) is 36.4 Å². The molecule has 156 valence electrons. The van der Waals surface area contributed by atoms with Crippen LogP contribution in [0, 0.1) is 0 Å². The third kappa shape index (κ3) is 5.68. The highest BCUT2D eigenvalue weighted by atomic mass is 79.9. The topological polar surface area (TPSA) is 67.8 Å². The van der Waals surface area contributed by atoms with Crippen molar-refractivity contribution >= 4 is 33.7 Å². The van der Waals surface area contributed by atoms with E-state index in [9.17, 15) is 4.79 Å². The summed E-state index contributed by atoms with van der Waals surface area (Å²) in [5.41, 5.74) is 2.21. The number of aliphatic carboxylic acids is 1. The molecule has 2 aromatic carbocycles. The molecule has 5 nitrogen and oxygen atoms in total. The second kappa shape index (κ2) is 9.41. The number of nitrogens with one attached hydrogen (secondary N) is 1. The zero-order valence-corrected chi connectivity index (χ0v) is 19.2. The van der Waals surface area contributed by atoms with E-state index < -0.39 is 12.0 Å². The van der Waals surface area contributed by atoms with Crippen molar-refractivity contribution in [2.24, 2.45) is 0 Å². The van der Waals surface area contributed by atoms with Gasteiger partial charge in [0.05, 0.1) is 9.85 Å². The lowest BCUT2D eigenvalue weighted by Gasteiger charge is -2.22. The predicted molar refractivity (Wildman–Crippen MR) is 120 cm³/mol. The van der Waals surface area contributed by atoms with Crippen LogP contribution < -0.4 is 14.8 Å². The molecule has 2 unspecified atom stereocenters. The maximum atomic E-state index is 11.1. The standard InChI is InChI=1S/C22H26BrNO4S/c1-22(2,3)15-6-4-5-7-18(15)27-10-11-28-19-9-8-14(12-16(19)23)20-24-17(13-29-20)21(25)26/h4-9,12,17,20,24H,10-11,13H2,1-3H3,(H,25,26). The fraction of sp³-hybridized carbons (Fsp3) is 0.409. The van der Waals surface area contributed by atoms with Crippen molar-refractivity contribution in [1.82, 2.24) is 5.32 Å². The van der Waals surface area contributed by atoms with Gasteiger partial charge < -0.3 is 14.6 Å². The lowest BCUT2D eigenvalue weighted by Crippen LogP contribution is -2.33. The van der Waals surface area contributed by atoms with Crippen LogP contribution in [0.15, 0.2) is 46.9 Å². The Bertz CT molecular complexity index is 868. The molecule has 0 aromatic heterocycles. The van der Waals surface area contributed by atoms with Crippen molar-refractivity contribution in [2.45, 2.75) is 37.6 Å². The number of carboxylic acids is 1. The smallest absolute Gasteiger partial charge is 0.321 e. The molecular weight excluding hydrogens is 454 g/mol. The summed E-state index contributed by atoms with van der Waals surface area (Å²) in [6.07, 6.45) is 0. The first kappa shape index (κ1) is 22.0. The van der Waals surface area contributed by atoms with E-state index in [0.717, 1.165) is 21.5 Å². The number of para-hydroxylation sites is 1. The number of thioether (sulfide) groups is 1. The van der Waals surface area contributed by atoms with Crippen LogP contribution in [0.25, 0.3) is 0 Å². The molecule has 7 heteroatoms. The highest BCUT2D eigenvalue weighted by Crippen LogP contribution is 2.36. The van der Waals surface area contributed by atoms with Crippen LogP contribution in [0.4, 0.5) is 0 Å². The number of rotatable bonds is 7. The fourth-order valence-corrected chi connectivity index (χ4v) is 4.85. The summed E-state index contributed by atoms with van der Waals surface area (Å²) in [5.74, 6) is 1.37. The molecule has 29 heavy (non-hydrogen) atoms. The van der Waals surface area contributed by atoms with Crippen LogP contribution in [0.1, 0.15) is 37.3 Å². The van der Waals surface area contributed by atoms with Gasteiger partial charge in [0.25, 0.3) is 0 Å². The minimum atomic E-state index is -0.813. The summed E-state index contributed by atoms with van der Waals surface area (Å²) < 4.78 is 12.7. The average molecular weight is 480 g/mol. The monoisotopic (exact) mass is 479 g/mol. The Kier molecular flexibility index (Phi) is 7.14. The Labute approximate surface area is 184 Å². The molecule has 1 fully saturated rings. The Balaban J connectivity index is 1.54. The van der Waals surface area contributed by atoms with Crippen molar-refractivity contribution in [3.05, 3.63) is 58.1 Å². The third-order valence-electron chi connectivity index (χ3n) is 4.63. The third-order valence-corrected chi connectivity index (χ3v) is 6.52. The van der Waals surface area contributed by atoms with Crippen molar-refractivity contribution in [2.75, 3.05) is 19.0 Å². The van der Waals surface area contributed by atoms with E-state index in [2.05, 4.69) is 48.1 Å². The van der Waals surface area contributed by atoms with Gasteiger partial charge in [0.2, 0.25) is 0 Å². The van der Waals surface area contributed by atoms with Crippen molar-refractivity contribution in [3.63, 3.8) is 0 Å². The molecule has 1 saturated heterocycles. The van der Waals surface area contributed by atoms with Crippen LogP contribution in [-0.4, -0.2) is 36.1 Å². The highest BCUT2D eigenvalue weighted by molar-refractivity contribution is 9.10. The number of halogens is 1. The van der Waals surface area contributed by atoms with Crippen LogP contribution in [-0.2, 0) is 10.2 Å². The maximum Gasteiger partial charge on any atom is 0.321 e. The second-order valence-electron chi connectivity index (χ2n) is 7.90. The molecule has 2 N–H and O–H groups in total. The van der Waals surface area contributed by atoms with Gasteiger partial charge >= 0.3 is 5.97 Å². The first-order valence-corrected chi connectivity index (χ1v) is 11.3. The van der Waals surface area contributed by atoms with Gasteiger partial charge in [-0.15, -0.1) is 11.8 Å². The van der Waals surface area contributed by atoms with E-state index in [-0.39, 0.29) is 10.8 Å². The Morgan fingerprint density at radius 3 is 2.48 bits per heavy atom. The number of hydrogen-bond acceptors (Lipinski definition) is 5. The van der Waals surface area contributed by atoms with Crippen molar-refractivity contribution in [1.29, 1.82) is 0 Å². The SMILES string of the molecule is CC(C)(C)c1ccccc1OCCOc1ccc(C2NC(C(=O)O)CS2)cc1Br. The van der Waals surface area contributed by atoms with Gasteiger partial charge in [-0.05, 0) is 50.7 Å². The van der Waals surface area contributed by atoms with Gasteiger partial charge in [-0.3, -0.25) is 10.1 Å². The number of ether oxygens (including phenoxy) is 2. The fourth-order valence-electron chi connectivity index (χ4n) is 3.12. The first-order chi connectivity index (χ1) is 13.8. The molecule has 2 atom stereocenters. The highest BCUT2D eigenvalue weighted by Gasteiger charge is 2.30. The van der Waals surface area contributed by atoms with E-state index >= 15 is 0 Å². The lowest BCUT2D eigenvalue weighted by molar-refractivity contribution is -0.138. The minimum absolute atomic E-state index is 0.0161. The summed E-state index contributed by atoms with van der Waals surface area (Å²) in [6.45, 7) is 7.37. The van der Waals surface area contributed by atoms with Crippen LogP contribution >= 0.6 is 27.7 Å². The summed E-state index contributed by atoms with van der Waals surface area (Å²) in [7, 11) is 0. The molecule has 3 rings (SSSR count). The molecule has 0 bridgehead atoms. The van der Waals surface area contributed by atoms with Crippen LogP contribution in [0.5, 0.6) is 11.5 Å². The molecular formula is C22H26BrNO4S. The Hall–Kier alpha value is -1.70. The number of hydrogen-bond donors (Lipinski definition) is 2. The zero-order chi connectivity index (χ0) is 21.0. The predicted octanol–water partition coefficient (Wildman–Crippen LogP) is 4.99. The molecule has 1 aliphatic rings. The normalized spacial score (nSPS) is 19.2. The zero-order valence-electron chi connectivity index (χ0n) is 16.8. The van der Waals surface area contributed by atoms with Crippen LogP contribution in [0.2, 0.25) is 0 Å². The number of carbonyl (C=O) groups is 1. The Morgan fingerprint density at radius 1 is 1.17 bits per heavy atom. The number of carboxylic acid groups (broad SMARTS) is 1. The summed E-state index contributed by atoms with van der Waals surface area (Å²) in [5, 5.41) is 12.2. The minimum Gasteiger partial charge on any atom is -0.490 e. The Morgan fingerprint density at radius 2 is 1.86 bits per heavy atom. The summed E-state index contributed by atoms with van der Waals surface area (Å²) in [4.78, 5) is 11.1. The van der Waals surface area contributed by atoms with Crippen molar-refractivity contribution < 1.29 is 19.4 Å². The average Bonchev–Trinajstić information content (AvgIpc) is 3.16. The quantitative estimate of drug-likeness (QED) is 0.545. The largest absolute Gasteiger partial charge is 0.490 e. The molecule has 0 amide bonds. The van der Waals surface area contributed by atoms with Crippen molar-refractivity contribution in [3.8, 4) is 11.5 Å².